The van der Waals surface area contributed by atoms with Crippen LogP contribution in [0.2, 0.25) is 0 Å². The molecule has 1 amide bonds. The van der Waals surface area contributed by atoms with Crippen LogP contribution in [0.15, 0.2) is 96.4 Å². The van der Waals surface area contributed by atoms with Gasteiger partial charge in [-0.3, -0.25) is 9.36 Å². The average Bonchev–Trinajstić information content (AvgIpc) is 3.27. The van der Waals surface area contributed by atoms with Crippen LogP contribution in [0.25, 0.3) is 5.69 Å². The van der Waals surface area contributed by atoms with Crippen molar-refractivity contribution in [2.45, 2.75) is 17.6 Å². The third-order valence-corrected chi connectivity index (χ3v) is 5.72. The van der Waals surface area contributed by atoms with Gasteiger partial charge >= 0.3 is 0 Å². The van der Waals surface area contributed by atoms with Crippen LogP contribution in [0.1, 0.15) is 17.2 Å². The van der Waals surface area contributed by atoms with E-state index in [9.17, 15) is 9.18 Å². The Labute approximate surface area is 184 Å². The number of rotatable bonds is 8. The van der Waals surface area contributed by atoms with E-state index < -0.39 is 0 Å². The Balaban J connectivity index is 1.44. The molecule has 0 saturated carbocycles. The number of benzene rings is 3. The monoisotopic (exact) mass is 432 g/mol. The van der Waals surface area contributed by atoms with Crippen LogP contribution in [0.5, 0.6) is 0 Å². The van der Waals surface area contributed by atoms with E-state index in [1.165, 1.54) is 24.2 Å². The molecule has 3 aromatic carbocycles. The summed E-state index contributed by atoms with van der Waals surface area (Å²) in [4.78, 5) is 12.8. The third-order valence-electron chi connectivity index (χ3n) is 4.78. The largest absolute Gasteiger partial charge is 0.348 e. The Morgan fingerprint density at radius 2 is 1.65 bits per heavy atom. The van der Waals surface area contributed by atoms with Crippen LogP contribution in [0.4, 0.5) is 4.39 Å². The second-order valence-electron chi connectivity index (χ2n) is 6.94. The number of hydrogen-bond donors (Lipinski definition) is 1. The van der Waals surface area contributed by atoms with Crippen molar-refractivity contribution in [1.29, 1.82) is 0 Å². The third kappa shape index (κ3) is 5.38. The molecular formula is C24H21FN4OS. The van der Waals surface area contributed by atoms with Crippen molar-refractivity contribution in [2.75, 3.05) is 5.75 Å². The zero-order valence-electron chi connectivity index (χ0n) is 16.7. The molecule has 0 aliphatic carbocycles. The van der Waals surface area contributed by atoms with Gasteiger partial charge in [-0.1, -0.05) is 84.6 Å². The number of aromatic nitrogens is 3. The van der Waals surface area contributed by atoms with E-state index in [0.29, 0.717) is 17.3 Å². The van der Waals surface area contributed by atoms with E-state index in [1.807, 2.05) is 60.7 Å². The van der Waals surface area contributed by atoms with Gasteiger partial charge in [0.25, 0.3) is 0 Å². The molecule has 0 unspecified atom stereocenters. The Kier molecular flexibility index (Phi) is 6.74. The predicted molar refractivity (Wildman–Crippen MR) is 120 cm³/mol. The highest BCUT2D eigenvalue weighted by molar-refractivity contribution is 7.99. The normalized spacial score (nSPS) is 11.8. The first kappa shape index (κ1) is 20.8. The number of hydrogen-bond acceptors (Lipinski definition) is 4. The molecule has 4 aromatic rings. The van der Waals surface area contributed by atoms with Gasteiger partial charge in [-0.25, -0.2) is 4.39 Å². The first-order valence-electron chi connectivity index (χ1n) is 9.86. The maximum atomic E-state index is 14.1. The van der Waals surface area contributed by atoms with E-state index >= 15 is 0 Å². The first-order chi connectivity index (χ1) is 15.2. The fourth-order valence-electron chi connectivity index (χ4n) is 3.29. The molecule has 1 atom stereocenters. The Morgan fingerprint density at radius 1 is 0.968 bits per heavy atom. The summed E-state index contributed by atoms with van der Waals surface area (Å²) < 4.78 is 15.7. The molecule has 4 rings (SSSR count). The minimum absolute atomic E-state index is 0.127. The summed E-state index contributed by atoms with van der Waals surface area (Å²) >= 11 is 1.22. The summed E-state index contributed by atoms with van der Waals surface area (Å²) in [5.74, 6) is -0.357. The molecule has 31 heavy (non-hydrogen) atoms. The molecule has 1 aromatic heterocycles. The highest BCUT2D eigenvalue weighted by Crippen LogP contribution is 2.22. The molecule has 0 bridgehead atoms. The average molecular weight is 433 g/mol. The summed E-state index contributed by atoms with van der Waals surface area (Å²) in [6.45, 7) is 0. The lowest BCUT2D eigenvalue weighted by atomic mass is 9.99. The lowest BCUT2D eigenvalue weighted by molar-refractivity contribution is -0.119. The highest BCUT2D eigenvalue weighted by atomic mass is 32.2. The highest BCUT2D eigenvalue weighted by Gasteiger charge is 2.17. The molecule has 0 aliphatic heterocycles. The van der Waals surface area contributed by atoms with Gasteiger partial charge in [-0.15, -0.1) is 10.2 Å². The van der Waals surface area contributed by atoms with Crippen molar-refractivity contribution < 1.29 is 9.18 Å². The molecule has 1 N–H and O–H groups in total. The van der Waals surface area contributed by atoms with Gasteiger partial charge in [-0.05, 0) is 29.7 Å². The fourth-order valence-corrected chi connectivity index (χ4v) is 4.02. The molecule has 156 valence electrons. The van der Waals surface area contributed by atoms with Crippen LogP contribution in [-0.4, -0.2) is 26.4 Å². The molecular weight excluding hydrogens is 411 g/mol. The van der Waals surface area contributed by atoms with Crippen molar-refractivity contribution in [2.24, 2.45) is 0 Å². The molecule has 7 heteroatoms. The molecule has 0 fully saturated rings. The molecule has 1 heterocycles. The topological polar surface area (TPSA) is 59.8 Å². The van der Waals surface area contributed by atoms with Crippen molar-refractivity contribution in [3.05, 3.63) is 108 Å². The van der Waals surface area contributed by atoms with Crippen LogP contribution in [-0.2, 0) is 11.2 Å². The van der Waals surface area contributed by atoms with Crippen LogP contribution < -0.4 is 5.32 Å². The van der Waals surface area contributed by atoms with E-state index in [4.69, 9.17) is 0 Å². The van der Waals surface area contributed by atoms with E-state index in [2.05, 4.69) is 15.5 Å². The number of thioether (sulfide) groups is 1. The number of para-hydroxylation sites is 1. The maximum absolute atomic E-state index is 14.1. The summed E-state index contributed by atoms with van der Waals surface area (Å²) in [5, 5.41) is 11.5. The molecule has 0 spiro atoms. The van der Waals surface area contributed by atoms with Crippen LogP contribution in [0.3, 0.4) is 0 Å². The number of halogens is 1. The fraction of sp³-hybridized carbons (Fsp3) is 0.125. The van der Waals surface area contributed by atoms with Crippen molar-refractivity contribution >= 4 is 17.7 Å². The number of carbonyl (C=O) groups excluding carboxylic acids is 1. The SMILES string of the molecule is O=C(CSc1nncn1-c1ccccc1F)N[C@@H](Cc1ccccc1)c1ccccc1. The number of nitrogens with one attached hydrogen (secondary N) is 1. The molecule has 0 saturated heterocycles. The van der Waals surface area contributed by atoms with Gasteiger partial charge in [-0.2, -0.15) is 0 Å². The van der Waals surface area contributed by atoms with Crippen molar-refractivity contribution in [1.82, 2.24) is 20.1 Å². The number of nitrogens with zero attached hydrogens (tertiary/aromatic N) is 3. The minimum atomic E-state index is -0.374. The zero-order chi connectivity index (χ0) is 21.5. The minimum Gasteiger partial charge on any atom is -0.348 e. The molecule has 0 aliphatic rings. The van der Waals surface area contributed by atoms with Crippen LogP contribution >= 0.6 is 11.8 Å². The summed E-state index contributed by atoms with van der Waals surface area (Å²) in [6, 6.07) is 26.2. The molecule has 0 radical (unpaired) electrons. The van der Waals surface area contributed by atoms with Gasteiger partial charge < -0.3 is 5.32 Å². The van der Waals surface area contributed by atoms with E-state index in [-0.39, 0.29) is 23.5 Å². The number of amides is 1. The van der Waals surface area contributed by atoms with Gasteiger partial charge in [0.2, 0.25) is 5.91 Å². The second-order valence-corrected chi connectivity index (χ2v) is 7.89. The Bertz CT molecular complexity index is 1130. The Morgan fingerprint density at radius 3 is 2.39 bits per heavy atom. The predicted octanol–water partition coefficient (Wildman–Crippen LogP) is 4.60. The van der Waals surface area contributed by atoms with Crippen LogP contribution in [0, 0.1) is 5.82 Å². The van der Waals surface area contributed by atoms with Gasteiger partial charge in [0.15, 0.2) is 5.16 Å². The van der Waals surface area contributed by atoms with E-state index in [1.54, 1.807) is 22.8 Å². The van der Waals surface area contributed by atoms with Crippen molar-refractivity contribution in [3.8, 4) is 5.69 Å². The summed E-state index contributed by atoms with van der Waals surface area (Å²) in [6.07, 6.45) is 2.13. The summed E-state index contributed by atoms with van der Waals surface area (Å²) in [5.41, 5.74) is 2.53. The first-order valence-corrected chi connectivity index (χ1v) is 10.9. The second kappa shape index (κ2) is 10.0. The van der Waals surface area contributed by atoms with E-state index in [0.717, 1.165) is 11.1 Å². The zero-order valence-corrected chi connectivity index (χ0v) is 17.5. The van der Waals surface area contributed by atoms with Gasteiger partial charge in [0, 0.05) is 0 Å². The smallest absolute Gasteiger partial charge is 0.230 e. The summed E-state index contributed by atoms with van der Waals surface area (Å²) in [7, 11) is 0. The standard InChI is InChI=1S/C24H21FN4OS/c25-20-13-7-8-14-22(20)29-17-26-28-24(29)31-16-23(30)27-21(19-11-5-2-6-12-19)15-18-9-3-1-4-10-18/h1-14,17,21H,15-16H2,(H,27,30)/t21-/m0/s1. The quantitative estimate of drug-likeness (QED) is 0.414. The van der Waals surface area contributed by atoms with Gasteiger partial charge in [0.1, 0.15) is 12.1 Å². The molecule has 5 nitrogen and oxygen atoms in total. The van der Waals surface area contributed by atoms with Gasteiger partial charge in [0.05, 0.1) is 17.5 Å². The van der Waals surface area contributed by atoms with Crippen molar-refractivity contribution in [3.63, 3.8) is 0 Å². The lowest BCUT2D eigenvalue weighted by Gasteiger charge is -2.19. The maximum Gasteiger partial charge on any atom is 0.230 e. The Hall–Kier alpha value is -3.45. The number of carbonyl (C=O) groups is 1. The lowest BCUT2D eigenvalue weighted by Crippen LogP contribution is -2.31.